The molecule has 6 rings (SSSR count). The Kier molecular flexibility index (Phi) is 5.79. The lowest BCUT2D eigenvalue weighted by Crippen LogP contribution is -2.40. The molecule has 0 bridgehead atoms. The minimum absolute atomic E-state index is 0.0246. The van der Waals surface area contributed by atoms with E-state index in [1.54, 1.807) is 9.58 Å². The van der Waals surface area contributed by atoms with Crippen LogP contribution < -0.4 is 10.5 Å². The lowest BCUT2D eigenvalue weighted by Gasteiger charge is -2.32. The van der Waals surface area contributed by atoms with Crippen molar-refractivity contribution in [1.82, 2.24) is 34.4 Å². The Hall–Kier alpha value is -4.73. The summed E-state index contributed by atoms with van der Waals surface area (Å²) in [6.07, 6.45) is 6.54. The molecule has 0 radical (unpaired) electrons. The number of aryl methyl sites for hydroxylation is 2. The number of hydrogen-bond acceptors (Lipinski definition) is 7. The van der Waals surface area contributed by atoms with E-state index in [2.05, 4.69) is 21.6 Å². The van der Waals surface area contributed by atoms with Crippen LogP contribution in [-0.4, -0.2) is 53.4 Å². The van der Waals surface area contributed by atoms with Crippen molar-refractivity contribution >= 4 is 33.7 Å². The van der Waals surface area contributed by atoms with Crippen LogP contribution in [0.1, 0.15) is 24.4 Å². The SMILES string of the molecule is C=CC(=O)N1CCC[C@@H](n2nc(-c3ccc(Oc4ccc5cn(C)nc5c4)c(C)c3)c3c(N)ncnc32)C1. The minimum atomic E-state index is -0.0751. The van der Waals surface area contributed by atoms with E-state index in [9.17, 15) is 4.79 Å². The number of carbonyl (C=O) groups is 1. The Balaban J connectivity index is 1.35. The number of likely N-dealkylation sites (tertiary alicyclic amines) is 1. The summed E-state index contributed by atoms with van der Waals surface area (Å²) >= 11 is 0. The molecule has 5 aromatic rings. The summed E-state index contributed by atoms with van der Waals surface area (Å²) in [6, 6.07) is 11.8. The number of piperidine rings is 1. The maximum Gasteiger partial charge on any atom is 0.246 e. The number of nitrogens with zero attached hydrogens (tertiary/aromatic N) is 7. The van der Waals surface area contributed by atoms with Gasteiger partial charge in [0.05, 0.1) is 16.9 Å². The summed E-state index contributed by atoms with van der Waals surface area (Å²) in [7, 11) is 1.90. The Morgan fingerprint density at radius 2 is 2.05 bits per heavy atom. The highest BCUT2D eigenvalue weighted by Gasteiger charge is 2.28. The first-order valence-corrected chi connectivity index (χ1v) is 12.5. The lowest BCUT2D eigenvalue weighted by molar-refractivity contribution is -0.127. The summed E-state index contributed by atoms with van der Waals surface area (Å²) < 4.78 is 9.89. The molecule has 1 aliphatic heterocycles. The first-order valence-electron chi connectivity index (χ1n) is 12.5. The number of rotatable bonds is 5. The summed E-state index contributed by atoms with van der Waals surface area (Å²) in [5.41, 5.74) is 10.4. The van der Waals surface area contributed by atoms with Crippen molar-refractivity contribution in [2.75, 3.05) is 18.8 Å². The summed E-state index contributed by atoms with van der Waals surface area (Å²) in [4.78, 5) is 22.8. The molecule has 1 aliphatic rings. The van der Waals surface area contributed by atoms with Crippen molar-refractivity contribution in [3.05, 3.63) is 67.1 Å². The number of ether oxygens (including phenoxy) is 1. The number of hydrogen-bond donors (Lipinski definition) is 1. The minimum Gasteiger partial charge on any atom is -0.457 e. The van der Waals surface area contributed by atoms with Gasteiger partial charge in [-0.25, -0.2) is 14.6 Å². The second-order valence-electron chi connectivity index (χ2n) is 9.64. The van der Waals surface area contributed by atoms with E-state index >= 15 is 0 Å². The van der Waals surface area contributed by atoms with E-state index in [-0.39, 0.29) is 11.9 Å². The van der Waals surface area contributed by atoms with Crippen LogP contribution in [0.4, 0.5) is 5.82 Å². The fourth-order valence-corrected chi connectivity index (χ4v) is 5.16. The zero-order valence-corrected chi connectivity index (χ0v) is 21.3. The molecule has 1 atom stereocenters. The molecule has 0 unspecified atom stereocenters. The van der Waals surface area contributed by atoms with Crippen LogP contribution in [0.5, 0.6) is 11.5 Å². The highest BCUT2D eigenvalue weighted by molar-refractivity contribution is 5.98. The molecule has 10 nitrogen and oxygen atoms in total. The quantitative estimate of drug-likeness (QED) is 0.349. The molecule has 1 amide bonds. The van der Waals surface area contributed by atoms with Gasteiger partial charge in [-0.1, -0.05) is 6.58 Å². The van der Waals surface area contributed by atoms with E-state index in [0.29, 0.717) is 35.6 Å². The Morgan fingerprint density at radius 3 is 2.87 bits per heavy atom. The molecule has 1 fully saturated rings. The highest BCUT2D eigenvalue weighted by Crippen LogP contribution is 2.36. The first kappa shape index (κ1) is 23.7. The van der Waals surface area contributed by atoms with Gasteiger partial charge in [-0.2, -0.15) is 10.2 Å². The predicted octanol–water partition coefficient (Wildman–Crippen LogP) is 4.41. The highest BCUT2D eigenvalue weighted by atomic mass is 16.5. The van der Waals surface area contributed by atoms with Crippen LogP contribution >= 0.6 is 0 Å². The van der Waals surface area contributed by atoms with Gasteiger partial charge in [0.25, 0.3) is 0 Å². The molecule has 0 aliphatic carbocycles. The summed E-state index contributed by atoms with van der Waals surface area (Å²) in [5, 5.41) is 11.2. The number of carbonyl (C=O) groups excluding carboxylic acids is 1. The van der Waals surface area contributed by atoms with Crippen molar-refractivity contribution in [3.63, 3.8) is 0 Å². The second-order valence-corrected chi connectivity index (χ2v) is 9.64. The topological polar surface area (TPSA) is 117 Å². The van der Waals surface area contributed by atoms with Crippen LogP contribution in [0.2, 0.25) is 0 Å². The van der Waals surface area contributed by atoms with Gasteiger partial charge in [0.1, 0.15) is 29.3 Å². The molecule has 0 saturated carbocycles. The van der Waals surface area contributed by atoms with Gasteiger partial charge < -0.3 is 15.4 Å². The van der Waals surface area contributed by atoms with Gasteiger partial charge in [0.2, 0.25) is 5.91 Å². The number of aromatic nitrogens is 6. The van der Waals surface area contributed by atoms with Gasteiger partial charge in [0.15, 0.2) is 5.65 Å². The normalized spacial score (nSPS) is 15.7. The van der Waals surface area contributed by atoms with E-state index in [1.165, 1.54) is 12.4 Å². The predicted molar refractivity (Wildman–Crippen MR) is 146 cm³/mol. The van der Waals surface area contributed by atoms with Gasteiger partial charge >= 0.3 is 0 Å². The largest absolute Gasteiger partial charge is 0.457 e. The van der Waals surface area contributed by atoms with Crippen molar-refractivity contribution in [1.29, 1.82) is 0 Å². The Labute approximate surface area is 219 Å². The number of fused-ring (bicyclic) bond motifs is 2. The smallest absolute Gasteiger partial charge is 0.246 e. The maximum absolute atomic E-state index is 12.3. The number of benzene rings is 2. The molecule has 38 heavy (non-hydrogen) atoms. The van der Waals surface area contributed by atoms with Crippen molar-refractivity contribution in [3.8, 4) is 22.8 Å². The third-order valence-electron chi connectivity index (χ3n) is 7.02. The molecule has 10 heteroatoms. The lowest BCUT2D eigenvalue weighted by atomic mass is 10.1. The number of anilines is 1. The van der Waals surface area contributed by atoms with Gasteiger partial charge in [-0.3, -0.25) is 9.48 Å². The Morgan fingerprint density at radius 1 is 1.18 bits per heavy atom. The van der Waals surface area contributed by atoms with Crippen molar-refractivity contribution < 1.29 is 9.53 Å². The second kappa shape index (κ2) is 9.29. The van der Waals surface area contributed by atoms with Crippen LogP contribution in [-0.2, 0) is 11.8 Å². The third kappa shape index (κ3) is 4.13. The molecular weight excluding hydrogens is 480 g/mol. The van der Waals surface area contributed by atoms with Crippen molar-refractivity contribution in [2.45, 2.75) is 25.8 Å². The molecular formula is C28H28N8O2. The molecule has 1 saturated heterocycles. The van der Waals surface area contributed by atoms with E-state index in [1.807, 2.05) is 61.2 Å². The maximum atomic E-state index is 12.3. The third-order valence-corrected chi connectivity index (χ3v) is 7.02. The monoisotopic (exact) mass is 508 g/mol. The van der Waals surface area contributed by atoms with Crippen LogP contribution in [0, 0.1) is 6.92 Å². The van der Waals surface area contributed by atoms with E-state index in [0.717, 1.165) is 46.4 Å². The molecule has 0 spiro atoms. The molecule has 2 N–H and O–H groups in total. The van der Waals surface area contributed by atoms with Crippen LogP contribution in [0.25, 0.3) is 33.2 Å². The molecule has 3 aromatic heterocycles. The van der Waals surface area contributed by atoms with Crippen LogP contribution in [0.15, 0.2) is 61.6 Å². The van der Waals surface area contributed by atoms with Gasteiger partial charge in [0, 0.05) is 43.4 Å². The Bertz CT molecular complexity index is 1700. The average Bonchev–Trinajstić information content (AvgIpc) is 3.50. The molecule has 192 valence electrons. The fourth-order valence-electron chi connectivity index (χ4n) is 5.16. The number of nitrogen functional groups attached to an aromatic ring is 1. The zero-order chi connectivity index (χ0) is 26.4. The molecule has 4 heterocycles. The van der Waals surface area contributed by atoms with Crippen LogP contribution in [0.3, 0.4) is 0 Å². The van der Waals surface area contributed by atoms with Gasteiger partial charge in [-0.15, -0.1) is 0 Å². The van der Waals surface area contributed by atoms with Gasteiger partial charge in [-0.05, 0) is 61.7 Å². The first-order chi connectivity index (χ1) is 18.4. The van der Waals surface area contributed by atoms with E-state index in [4.69, 9.17) is 15.6 Å². The van der Waals surface area contributed by atoms with Crippen molar-refractivity contribution in [2.24, 2.45) is 7.05 Å². The summed E-state index contributed by atoms with van der Waals surface area (Å²) in [5.74, 6) is 1.75. The summed E-state index contributed by atoms with van der Waals surface area (Å²) in [6.45, 7) is 6.87. The number of amides is 1. The molecule has 2 aromatic carbocycles. The fraction of sp³-hybridized carbons (Fsp3) is 0.250. The zero-order valence-electron chi connectivity index (χ0n) is 21.3. The number of nitrogens with two attached hydrogens (primary N) is 1. The standard InChI is InChI=1S/C28H28N8O2/c1-4-24(37)35-11-5-6-20(15-35)36-28-25(27(29)30-16-31-28)26(33-36)18-8-10-23(17(2)12-18)38-21-9-7-19-14-34(3)32-22(19)13-21/h4,7-10,12-14,16,20H,1,5-6,11,15H2,2-3H3,(H2,29,30,31)/t20-/m1/s1. The van der Waals surface area contributed by atoms with E-state index < -0.39 is 0 Å². The average molecular weight is 509 g/mol.